The minimum atomic E-state index is -0.321. The van der Waals surface area contributed by atoms with Gasteiger partial charge in [0.1, 0.15) is 0 Å². The summed E-state index contributed by atoms with van der Waals surface area (Å²) in [6, 6.07) is 12.7. The molecule has 2 aromatic rings. The second kappa shape index (κ2) is 6.39. The Balaban J connectivity index is 1.34. The Hall–Kier alpha value is -3.21. The lowest BCUT2D eigenvalue weighted by atomic mass is 9.63. The molecule has 3 fully saturated rings. The third kappa shape index (κ3) is 2.59. The quantitative estimate of drug-likeness (QED) is 0.609. The molecule has 2 aromatic carbocycles. The van der Waals surface area contributed by atoms with Crippen molar-refractivity contribution in [2.24, 2.45) is 35.5 Å². The van der Waals surface area contributed by atoms with Crippen LogP contribution in [-0.4, -0.2) is 17.7 Å². The lowest BCUT2D eigenvalue weighted by Crippen LogP contribution is -2.40. The number of hydrogen-bond acceptors (Lipinski definition) is 3. The van der Waals surface area contributed by atoms with Crippen LogP contribution in [0.3, 0.4) is 0 Å². The van der Waals surface area contributed by atoms with E-state index in [1.54, 1.807) is 24.3 Å². The van der Waals surface area contributed by atoms with Crippen molar-refractivity contribution in [1.29, 1.82) is 0 Å². The minimum Gasteiger partial charge on any atom is -0.322 e. The lowest BCUT2D eigenvalue weighted by Gasteiger charge is -2.37. The molecule has 0 spiro atoms. The average Bonchev–Trinajstić information content (AvgIpc) is 3.54. The molecule has 0 aromatic heterocycles. The number of para-hydroxylation sites is 1. The van der Waals surface area contributed by atoms with Crippen molar-refractivity contribution in [3.05, 3.63) is 71.3 Å². The second-order valence-electron chi connectivity index (χ2n) is 9.44. The zero-order valence-electron chi connectivity index (χ0n) is 17.5. The van der Waals surface area contributed by atoms with Crippen molar-refractivity contribution >= 4 is 29.1 Å². The number of benzene rings is 2. The molecule has 5 nitrogen and oxygen atoms in total. The topological polar surface area (TPSA) is 66.5 Å². The standard InChI is InChI=1S/C26H24N2O3/c1-13-7-8-15(11-14(13)2)27-24(29)18-5-3-4-6-21(18)28-25(30)22-16-9-10-17(20-12-19(16)20)23(22)26(28)31/h3-11,16-17,19-20,22-23H,12H2,1-2H3,(H,27,29)/t16-,17-,19-,20-,22+,23+/m1/s1. The first kappa shape index (κ1) is 18.6. The van der Waals surface area contributed by atoms with Gasteiger partial charge in [0.05, 0.1) is 23.1 Å². The summed E-state index contributed by atoms with van der Waals surface area (Å²) in [5, 5.41) is 2.93. The van der Waals surface area contributed by atoms with Crippen molar-refractivity contribution in [2.75, 3.05) is 10.2 Å². The van der Waals surface area contributed by atoms with E-state index in [1.165, 1.54) is 4.90 Å². The first-order valence-corrected chi connectivity index (χ1v) is 11.0. The van der Waals surface area contributed by atoms with Crippen LogP contribution in [0.15, 0.2) is 54.6 Å². The lowest BCUT2D eigenvalue weighted by molar-refractivity contribution is -0.124. The Bertz CT molecular complexity index is 1150. The molecular weight excluding hydrogens is 388 g/mol. The third-order valence-corrected chi connectivity index (χ3v) is 7.82. The summed E-state index contributed by atoms with van der Waals surface area (Å²) >= 11 is 0. The number of anilines is 2. The molecular formula is C26H24N2O3. The van der Waals surface area contributed by atoms with Crippen LogP contribution in [0.1, 0.15) is 27.9 Å². The molecule has 0 radical (unpaired) electrons. The minimum absolute atomic E-state index is 0.147. The van der Waals surface area contributed by atoms with E-state index in [0.29, 0.717) is 28.8 Å². The molecule has 31 heavy (non-hydrogen) atoms. The highest BCUT2D eigenvalue weighted by molar-refractivity contribution is 6.25. The van der Waals surface area contributed by atoms with Crippen LogP contribution in [-0.2, 0) is 9.59 Å². The average molecular weight is 412 g/mol. The van der Waals surface area contributed by atoms with Gasteiger partial charge in [0, 0.05) is 5.69 Å². The maximum atomic E-state index is 13.5. The van der Waals surface area contributed by atoms with Gasteiger partial charge < -0.3 is 5.32 Å². The van der Waals surface area contributed by atoms with E-state index >= 15 is 0 Å². The fourth-order valence-corrected chi connectivity index (χ4v) is 6.07. The monoisotopic (exact) mass is 412 g/mol. The summed E-state index contributed by atoms with van der Waals surface area (Å²) in [4.78, 5) is 41.4. The maximum Gasteiger partial charge on any atom is 0.257 e. The Kier molecular flexibility index (Phi) is 3.83. The summed E-state index contributed by atoms with van der Waals surface area (Å²) in [6.45, 7) is 4.02. The first-order chi connectivity index (χ1) is 15.0. The highest BCUT2D eigenvalue weighted by Crippen LogP contribution is 2.65. The molecule has 156 valence electrons. The summed E-state index contributed by atoms with van der Waals surface area (Å²) in [5.74, 6) is 0.267. The van der Waals surface area contributed by atoms with E-state index in [1.807, 2.05) is 32.0 Å². The zero-order valence-corrected chi connectivity index (χ0v) is 17.5. The van der Waals surface area contributed by atoms with Crippen molar-refractivity contribution in [3.63, 3.8) is 0 Å². The van der Waals surface area contributed by atoms with E-state index < -0.39 is 0 Å². The number of aryl methyl sites for hydroxylation is 2. The molecule has 5 aliphatic rings. The van der Waals surface area contributed by atoms with E-state index in [4.69, 9.17) is 0 Å². The van der Waals surface area contributed by atoms with Gasteiger partial charge in [-0.05, 0) is 79.3 Å². The Morgan fingerprint density at radius 3 is 2.19 bits per heavy atom. The smallest absolute Gasteiger partial charge is 0.257 e. The number of nitrogens with one attached hydrogen (secondary N) is 1. The number of rotatable bonds is 3. The molecule has 1 aliphatic heterocycles. The summed E-state index contributed by atoms with van der Waals surface area (Å²) < 4.78 is 0. The van der Waals surface area contributed by atoms with Gasteiger partial charge in [-0.25, -0.2) is 4.90 Å². The predicted molar refractivity (Wildman–Crippen MR) is 118 cm³/mol. The van der Waals surface area contributed by atoms with Gasteiger partial charge in [-0.3, -0.25) is 14.4 Å². The van der Waals surface area contributed by atoms with Crippen LogP contribution in [0.4, 0.5) is 11.4 Å². The first-order valence-electron chi connectivity index (χ1n) is 11.0. The van der Waals surface area contributed by atoms with Crippen molar-refractivity contribution in [1.82, 2.24) is 0 Å². The Labute approximate surface area is 181 Å². The number of amides is 3. The van der Waals surface area contributed by atoms with Gasteiger partial charge in [0.25, 0.3) is 5.91 Å². The molecule has 7 rings (SSSR count). The summed E-state index contributed by atoms with van der Waals surface area (Å²) in [6.07, 6.45) is 5.45. The molecule has 1 heterocycles. The predicted octanol–water partition coefficient (Wildman–Crippen LogP) is 4.11. The van der Waals surface area contributed by atoms with Crippen LogP contribution in [0, 0.1) is 49.4 Å². The number of carbonyl (C=O) groups excluding carboxylic acids is 3. The van der Waals surface area contributed by atoms with Crippen LogP contribution in [0.25, 0.3) is 0 Å². The number of allylic oxidation sites excluding steroid dienone is 2. The molecule has 5 heteroatoms. The van der Waals surface area contributed by atoms with Gasteiger partial charge >= 0.3 is 0 Å². The number of imide groups is 1. The number of nitrogens with zero attached hydrogens (tertiary/aromatic N) is 1. The largest absolute Gasteiger partial charge is 0.322 e. The fraction of sp³-hybridized carbons (Fsp3) is 0.346. The Morgan fingerprint density at radius 2 is 1.55 bits per heavy atom. The molecule has 0 unspecified atom stereocenters. The molecule has 1 saturated heterocycles. The maximum absolute atomic E-state index is 13.5. The number of carbonyl (C=O) groups is 3. The van der Waals surface area contributed by atoms with Crippen molar-refractivity contribution in [3.8, 4) is 0 Å². The van der Waals surface area contributed by atoms with Crippen molar-refractivity contribution in [2.45, 2.75) is 20.3 Å². The van der Waals surface area contributed by atoms with Crippen LogP contribution in [0.5, 0.6) is 0 Å². The van der Waals surface area contributed by atoms with Crippen molar-refractivity contribution < 1.29 is 14.4 Å². The van der Waals surface area contributed by atoms with E-state index in [2.05, 4.69) is 17.5 Å². The van der Waals surface area contributed by atoms with E-state index in [0.717, 1.165) is 17.5 Å². The Morgan fingerprint density at radius 1 is 0.903 bits per heavy atom. The summed E-state index contributed by atoms with van der Waals surface area (Å²) in [7, 11) is 0. The molecule has 6 atom stereocenters. The molecule has 2 bridgehead atoms. The SMILES string of the molecule is Cc1ccc(NC(=O)c2ccccc2N2C(=O)[C@H]3[C@@H]4C=C[C@H]([C@H]5C[C@H]45)[C@@H]3C2=O)cc1C. The van der Waals surface area contributed by atoms with Gasteiger partial charge in [-0.2, -0.15) is 0 Å². The van der Waals surface area contributed by atoms with Crippen LogP contribution in [0.2, 0.25) is 0 Å². The molecule has 1 N–H and O–H groups in total. The van der Waals surface area contributed by atoms with E-state index in [-0.39, 0.29) is 41.4 Å². The van der Waals surface area contributed by atoms with E-state index in [9.17, 15) is 14.4 Å². The van der Waals surface area contributed by atoms with Crippen LogP contribution < -0.4 is 10.2 Å². The fourth-order valence-electron chi connectivity index (χ4n) is 6.07. The highest BCUT2D eigenvalue weighted by atomic mass is 16.2. The second-order valence-corrected chi connectivity index (χ2v) is 9.44. The van der Waals surface area contributed by atoms with Gasteiger partial charge in [-0.1, -0.05) is 30.4 Å². The highest BCUT2D eigenvalue weighted by Gasteiger charge is 2.67. The molecule has 2 saturated carbocycles. The van der Waals surface area contributed by atoms with Gasteiger partial charge in [0.2, 0.25) is 11.8 Å². The third-order valence-electron chi connectivity index (χ3n) is 7.82. The van der Waals surface area contributed by atoms with Gasteiger partial charge in [-0.15, -0.1) is 0 Å². The normalized spacial score (nSPS) is 32.1. The molecule has 4 aliphatic carbocycles. The molecule has 3 amide bonds. The summed E-state index contributed by atoms with van der Waals surface area (Å²) in [5.41, 5.74) is 3.66. The van der Waals surface area contributed by atoms with Gasteiger partial charge in [0.15, 0.2) is 0 Å². The number of hydrogen-bond donors (Lipinski definition) is 1. The zero-order chi connectivity index (χ0) is 21.4. The van der Waals surface area contributed by atoms with Crippen LogP contribution >= 0.6 is 0 Å².